The van der Waals surface area contributed by atoms with Crippen molar-refractivity contribution in [3.05, 3.63) is 56.7 Å². The Morgan fingerprint density at radius 2 is 2.00 bits per heavy atom. The zero-order chi connectivity index (χ0) is 18.1. The number of hydrogen-bond donors (Lipinski definition) is 0. The second-order valence-corrected chi connectivity index (χ2v) is 6.21. The molecule has 3 aromatic rings. The van der Waals surface area contributed by atoms with Gasteiger partial charge in [0.25, 0.3) is 5.69 Å². The summed E-state index contributed by atoms with van der Waals surface area (Å²) in [7, 11) is 0. The van der Waals surface area contributed by atoms with Gasteiger partial charge in [0.15, 0.2) is 0 Å². The molecule has 0 aliphatic heterocycles. The number of nitrogens with zero attached hydrogens (tertiary/aromatic N) is 5. The molecule has 0 aliphatic rings. The first-order valence-electron chi connectivity index (χ1n) is 7.64. The van der Waals surface area contributed by atoms with Crippen LogP contribution in [0.5, 0.6) is 0 Å². The second-order valence-electron chi connectivity index (χ2n) is 5.83. The topological polar surface area (TPSA) is 99.9 Å². The number of aryl methyl sites for hydroxylation is 1. The van der Waals surface area contributed by atoms with Crippen molar-refractivity contribution in [3.63, 3.8) is 0 Å². The summed E-state index contributed by atoms with van der Waals surface area (Å²) in [5.41, 5.74) is 2.34. The Bertz CT molecular complexity index is 917. The maximum atomic E-state index is 10.7. The van der Waals surface area contributed by atoms with Crippen molar-refractivity contribution in [2.75, 3.05) is 0 Å². The minimum atomic E-state index is -0.451. The molecular formula is C16H16ClN5O3. The van der Waals surface area contributed by atoms with Crippen molar-refractivity contribution in [3.8, 4) is 11.4 Å². The molecule has 1 unspecified atom stereocenters. The Morgan fingerprint density at radius 3 is 2.56 bits per heavy atom. The van der Waals surface area contributed by atoms with Crippen molar-refractivity contribution < 1.29 is 9.45 Å². The summed E-state index contributed by atoms with van der Waals surface area (Å²) in [6.45, 7) is 6.28. The van der Waals surface area contributed by atoms with E-state index < -0.39 is 4.92 Å². The summed E-state index contributed by atoms with van der Waals surface area (Å²) in [6, 6.07) is 6.01. The maximum absolute atomic E-state index is 10.7. The normalized spacial score (nSPS) is 12.3. The van der Waals surface area contributed by atoms with Crippen LogP contribution in [0.1, 0.15) is 30.1 Å². The van der Waals surface area contributed by atoms with Crippen LogP contribution >= 0.6 is 11.6 Å². The van der Waals surface area contributed by atoms with Gasteiger partial charge in [-0.1, -0.05) is 23.7 Å². The standard InChI is InChI=1S/C16H16ClN5O3/c1-9(8-21-11(3)14(17)10(2)19-21)16-18-15(20-25-16)12-4-6-13(7-5-12)22(23)24/h4-7,9H,8H2,1-3H3. The minimum Gasteiger partial charge on any atom is -0.339 e. The van der Waals surface area contributed by atoms with Crippen LogP contribution in [-0.4, -0.2) is 24.8 Å². The predicted molar refractivity (Wildman–Crippen MR) is 91.5 cm³/mol. The Balaban J connectivity index is 1.78. The zero-order valence-corrected chi connectivity index (χ0v) is 14.7. The number of benzene rings is 1. The van der Waals surface area contributed by atoms with E-state index in [0.29, 0.717) is 28.8 Å². The van der Waals surface area contributed by atoms with Gasteiger partial charge in [0, 0.05) is 17.7 Å². The molecule has 0 amide bonds. The Kier molecular flexibility index (Phi) is 4.54. The van der Waals surface area contributed by atoms with E-state index in [2.05, 4.69) is 15.2 Å². The Labute approximate surface area is 148 Å². The van der Waals surface area contributed by atoms with E-state index in [1.165, 1.54) is 12.1 Å². The van der Waals surface area contributed by atoms with Crippen LogP contribution in [0.3, 0.4) is 0 Å². The highest BCUT2D eigenvalue weighted by atomic mass is 35.5. The number of non-ortho nitro benzene ring substituents is 1. The largest absolute Gasteiger partial charge is 0.339 e. The average Bonchev–Trinajstić information content (AvgIpc) is 3.17. The van der Waals surface area contributed by atoms with Gasteiger partial charge in [-0.05, 0) is 26.0 Å². The molecule has 25 heavy (non-hydrogen) atoms. The summed E-state index contributed by atoms with van der Waals surface area (Å²) in [5, 5.41) is 19.7. The molecule has 0 spiro atoms. The first-order valence-corrected chi connectivity index (χ1v) is 8.02. The first kappa shape index (κ1) is 17.1. The van der Waals surface area contributed by atoms with E-state index in [1.807, 2.05) is 25.5 Å². The van der Waals surface area contributed by atoms with Gasteiger partial charge in [-0.25, -0.2) is 0 Å². The predicted octanol–water partition coefficient (Wildman–Crippen LogP) is 3.92. The van der Waals surface area contributed by atoms with E-state index in [-0.39, 0.29) is 11.6 Å². The van der Waals surface area contributed by atoms with Gasteiger partial charge in [0.1, 0.15) is 0 Å². The third-order valence-corrected chi connectivity index (χ3v) is 4.49. The fourth-order valence-electron chi connectivity index (χ4n) is 2.48. The van der Waals surface area contributed by atoms with Crippen LogP contribution < -0.4 is 0 Å². The smallest absolute Gasteiger partial charge is 0.269 e. The Hall–Kier alpha value is -2.74. The number of aromatic nitrogens is 4. The molecular weight excluding hydrogens is 346 g/mol. The molecule has 0 bridgehead atoms. The summed E-state index contributed by atoms with van der Waals surface area (Å²) >= 11 is 6.16. The van der Waals surface area contributed by atoms with Crippen LogP contribution in [0.25, 0.3) is 11.4 Å². The highest BCUT2D eigenvalue weighted by Crippen LogP contribution is 2.25. The third-order valence-electron chi connectivity index (χ3n) is 3.94. The number of rotatable bonds is 5. The lowest BCUT2D eigenvalue weighted by atomic mass is 10.1. The first-order chi connectivity index (χ1) is 11.9. The van der Waals surface area contributed by atoms with Crippen LogP contribution in [-0.2, 0) is 6.54 Å². The molecule has 2 aromatic heterocycles. The van der Waals surface area contributed by atoms with E-state index >= 15 is 0 Å². The van der Waals surface area contributed by atoms with Gasteiger partial charge in [0.05, 0.1) is 33.8 Å². The molecule has 8 nitrogen and oxygen atoms in total. The van der Waals surface area contributed by atoms with Crippen molar-refractivity contribution in [2.45, 2.75) is 33.2 Å². The molecule has 130 valence electrons. The summed E-state index contributed by atoms with van der Waals surface area (Å²) in [6.07, 6.45) is 0. The van der Waals surface area contributed by atoms with E-state index in [1.54, 1.807) is 12.1 Å². The van der Waals surface area contributed by atoms with Gasteiger partial charge in [-0.2, -0.15) is 10.1 Å². The minimum absolute atomic E-state index is 0.0160. The van der Waals surface area contributed by atoms with Gasteiger partial charge >= 0.3 is 0 Å². The zero-order valence-electron chi connectivity index (χ0n) is 13.9. The molecule has 9 heteroatoms. The molecule has 2 heterocycles. The molecule has 0 aliphatic carbocycles. The van der Waals surface area contributed by atoms with Crippen molar-refractivity contribution in [2.24, 2.45) is 0 Å². The summed E-state index contributed by atoms with van der Waals surface area (Å²) in [4.78, 5) is 14.6. The number of hydrogen-bond acceptors (Lipinski definition) is 6. The summed E-state index contributed by atoms with van der Waals surface area (Å²) in [5.74, 6) is 0.800. The van der Waals surface area contributed by atoms with E-state index in [4.69, 9.17) is 16.1 Å². The molecule has 3 rings (SSSR count). The molecule has 0 N–H and O–H groups in total. The third kappa shape index (κ3) is 3.39. The molecule has 0 saturated heterocycles. The lowest BCUT2D eigenvalue weighted by molar-refractivity contribution is -0.384. The monoisotopic (exact) mass is 361 g/mol. The van der Waals surface area contributed by atoms with Crippen molar-refractivity contribution in [1.29, 1.82) is 0 Å². The number of nitro groups is 1. The highest BCUT2D eigenvalue weighted by Gasteiger charge is 2.19. The SMILES string of the molecule is Cc1nn(CC(C)c2nc(-c3ccc([N+](=O)[O-])cc3)no2)c(C)c1Cl. The summed E-state index contributed by atoms with van der Waals surface area (Å²) < 4.78 is 7.16. The molecule has 1 atom stereocenters. The van der Waals surface area contributed by atoms with E-state index in [0.717, 1.165) is 11.4 Å². The molecule has 0 fully saturated rings. The van der Waals surface area contributed by atoms with Gasteiger partial charge in [-0.15, -0.1) is 0 Å². The Morgan fingerprint density at radius 1 is 1.32 bits per heavy atom. The molecule has 0 saturated carbocycles. The van der Waals surface area contributed by atoms with Gasteiger partial charge in [0.2, 0.25) is 11.7 Å². The van der Waals surface area contributed by atoms with Crippen LogP contribution in [0.4, 0.5) is 5.69 Å². The molecule has 1 aromatic carbocycles. The maximum Gasteiger partial charge on any atom is 0.269 e. The average molecular weight is 362 g/mol. The second kappa shape index (κ2) is 6.64. The van der Waals surface area contributed by atoms with Crippen LogP contribution in [0.2, 0.25) is 5.02 Å². The van der Waals surface area contributed by atoms with Crippen LogP contribution in [0.15, 0.2) is 28.8 Å². The van der Waals surface area contributed by atoms with Crippen LogP contribution in [0, 0.1) is 24.0 Å². The molecule has 0 radical (unpaired) electrons. The fraction of sp³-hybridized carbons (Fsp3) is 0.312. The fourth-order valence-corrected chi connectivity index (χ4v) is 2.61. The highest BCUT2D eigenvalue weighted by molar-refractivity contribution is 6.31. The van der Waals surface area contributed by atoms with Crippen molar-refractivity contribution >= 4 is 17.3 Å². The lowest BCUT2D eigenvalue weighted by Crippen LogP contribution is -2.09. The van der Waals surface area contributed by atoms with Gasteiger partial charge in [-0.3, -0.25) is 14.8 Å². The number of halogens is 1. The van der Waals surface area contributed by atoms with Crippen molar-refractivity contribution in [1.82, 2.24) is 19.9 Å². The number of nitro benzene ring substituents is 1. The lowest BCUT2D eigenvalue weighted by Gasteiger charge is -2.08. The van der Waals surface area contributed by atoms with E-state index in [9.17, 15) is 10.1 Å². The quantitative estimate of drug-likeness (QED) is 0.504. The van der Waals surface area contributed by atoms with Gasteiger partial charge < -0.3 is 4.52 Å².